The molecule has 0 bridgehead atoms. The highest BCUT2D eigenvalue weighted by molar-refractivity contribution is 6.32. The van der Waals surface area contributed by atoms with Crippen LogP contribution in [0.1, 0.15) is 71.4 Å². The van der Waals surface area contributed by atoms with E-state index < -0.39 is 53.5 Å². The molecule has 0 spiro atoms. The predicted octanol–water partition coefficient (Wildman–Crippen LogP) is 5.23. The summed E-state index contributed by atoms with van der Waals surface area (Å²) in [6, 6.07) is 14.2. The van der Waals surface area contributed by atoms with Crippen molar-refractivity contribution < 1.29 is 38.8 Å². The first-order valence-electron chi connectivity index (χ1n) is 16.8. The number of esters is 2. The maximum atomic E-state index is 13.7. The van der Waals surface area contributed by atoms with Crippen molar-refractivity contribution in [1.29, 1.82) is 0 Å². The minimum absolute atomic E-state index is 0.0225. The minimum atomic E-state index is -1.15. The molecule has 2 aromatic rings. The van der Waals surface area contributed by atoms with E-state index in [1.54, 1.807) is 46.0 Å². The summed E-state index contributed by atoms with van der Waals surface area (Å²) in [5.41, 5.74) is 0.858. The van der Waals surface area contributed by atoms with Crippen LogP contribution < -0.4 is 15.4 Å². The van der Waals surface area contributed by atoms with Crippen LogP contribution in [-0.4, -0.2) is 79.7 Å². The van der Waals surface area contributed by atoms with Crippen molar-refractivity contribution in [3.8, 4) is 5.75 Å². The van der Waals surface area contributed by atoms with Gasteiger partial charge >= 0.3 is 11.9 Å². The molecule has 2 rings (SSSR count). The molecular weight excluding hydrogens is 648 g/mol. The van der Waals surface area contributed by atoms with Gasteiger partial charge in [-0.15, -0.1) is 0 Å². The number of methoxy groups -OCH3 is 1. The second kappa shape index (κ2) is 20.3. The lowest BCUT2D eigenvalue weighted by Gasteiger charge is -2.32. The maximum Gasteiger partial charge on any atom is 0.347 e. The Morgan fingerprint density at radius 2 is 1.69 bits per heavy atom. The van der Waals surface area contributed by atoms with E-state index in [-0.39, 0.29) is 31.3 Å². The zero-order valence-electron chi connectivity index (χ0n) is 30.1. The number of aliphatic hydroxyl groups is 2. The molecular formula is C38H55ClN2O8. The summed E-state index contributed by atoms with van der Waals surface area (Å²) in [5.74, 6) is -1.99. The summed E-state index contributed by atoms with van der Waals surface area (Å²) < 4.78 is 16.9. The summed E-state index contributed by atoms with van der Waals surface area (Å²) in [6.45, 7) is 11.1. The monoisotopic (exact) mass is 702 g/mol. The third kappa shape index (κ3) is 13.4. The predicted molar refractivity (Wildman–Crippen MR) is 191 cm³/mol. The van der Waals surface area contributed by atoms with Gasteiger partial charge in [0.1, 0.15) is 11.9 Å². The average molecular weight is 703 g/mol. The van der Waals surface area contributed by atoms with E-state index in [0.29, 0.717) is 23.7 Å². The number of nitrogens with one attached hydrogen (secondary N) is 2. The average Bonchev–Trinajstić information content (AvgIpc) is 3.06. The molecule has 0 radical (unpaired) electrons. The van der Waals surface area contributed by atoms with Crippen LogP contribution in [0.2, 0.25) is 5.02 Å². The van der Waals surface area contributed by atoms with E-state index in [0.717, 1.165) is 11.1 Å². The first-order chi connectivity index (χ1) is 23.1. The van der Waals surface area contributed by atoms with Gasteiger partial charge in [-0.3, -0.25) is 9.59 Å². The van der Waals surface area contributed by atoms with Crippen LogP contribution >= 0.6 is 11.6 Å². The van der Waals surface area contributed by atoms with Gasteiger partial charge in [0.05, 0.1) is 36.3 Å². The van der Waals surface area contributed by atoms with E-state index in [2.05, 4.69) is 10.6 Å². The summed E-state index contributed by atoms with van der Waals surface area (Å²) in [6.07, 6.45) is 0.671. The number of benzene rings is 2. The van der Waals surface area contributed by atoms with E-state index in [1.165, 1.54) is 13.2 Å². The van der Waals surface area contributed by atoms with Crippen LogP contribution in [0.25, 0.3) is 0 Å². The van der Waals surface area contributed by atoms with Crippen LogP contribution in [0.15, 0.2) is 60.7 Å². The zero-order valence-corrected chi connectivity index (χ0v) is 30.8. The molecule has 0 aliphatic carbocycles. The normalized spacial score (nSPS) is 15.6. The van der Waals surface area contributed by atoms with Crippen LogP contribution in [0.5, 0.6) is 5.75 Å². The van der Waals surface area contributed by atoms with Gasteiger partial charge in [-0.25, -0.2) is 4.79 Å². The fourth-order valence-electron chi connectivity index (χ4n) is 5.49. The largest absolute Gasteiger partial charge is 0.495 e. The van der Waals surface area contributed by atoms with Gasteiger partial charge in [-0.2, -0.15) is 0 Å². The third-order valence-corrected chi connectivity index (χ3v) is 8.80. The molecule has 3 unspecified atom stereocenters. The SMILES string of the molecule is CNCC(C)(C)C(=O)OC(CC(C)C)C(=O)O[C@@H](C/C=C/C(=O)N[C@@H](CO)Cc1ccc(OC)c(Cl)c1)C(C)C(O)[C@@H](C)c1ccccc1. The van der Waals surface area contributed by atoms with Gasteiger partial charge in [-0.1, -0.05) is 81.8 Å². The van der Waals surface area contributed by atoms with Crippen molar-refractivity contribution in [1.82, 2.24) is 10.6 Å². The number of rotatable bonds is 20. The number of carbonyl (C=O) groups is 3. The molecule has 0 fully saturated rings. The van der Waals surface area contributed by atoms with E-state index >= 15 is 0 Å². The summed E-state index contributed by atoms with van der Waals surface area (Å²) in [5, 5.41) is 27.6. The molecule has 0 aliphatic heterocycles. The molecule has 4 N–H and O–H groups in total. The van der Waals surface area contributed by atoms with Gasteiger partial charge < -0.3 is 35.1 Å². The van der Waals surface area contributed by atoms with Gasteiger partial charge in [0.2, 0.25) is 5.91 Å². The van der Waals surface area contributed by atoms with Crippen molar-refractivity contribution >= 4 is 29.4 Å². The van der Waals surface area contributed by atoms with Gasteiger partial charge in [0.25, 0.3) is 0 Å². The highest BCUT2D eigenvalue weighted by atomic mass is 35.5. The second-order valence-electron chi connectivity index (χ2n) is 13.7. The van der Waals surface area contributed by atoms with Gasteiger partial charge in [0, 0.05) is 24.8 Å². The third-order valence-electron chi connectivity index (χ3n) is 8.50. The molecule has 272 valence electrons. The molecule has 2 aromatic carbocycles. The van der Waals surface area contributed by atoms with Crippen LogP contribution in [0.3, 0.4) is 0 Å². The maximum absolute atomic E-state index is 13.7. The summed E-state index contributed by atoms with van der Waals surface area (Å²) >= 11 is 6.23. The second-order valence-corrected chi connectivity index (χ2v) is 14.1. The van der Waals surface area contributed by atoms with Crippen molar-refractivity contribution in [2.24, 2.45) is 17.3 Å². The highest BCUT2D eigenvalue weighted by Crippen LogP contribution is 2.29. The number of hydrogen-bond donors (Lipinski definition) is 4. The Labute approximate surface area is 296 Å². The van der Waals surface area contributed by atoms with Crippen LogP contribution in [0.4, 0.5) is 0 Å². The van der Waals surface area contributed by atoms with Crippen molar-refractivity contribution in [3.63, 3.8) is 0 Å². The molecule has 0 saturated carbocycles. The molecule has 0 saturated heterocycles. The first kappa shape index (κ1) is 41.7. The fourth-order valence-corrected chi connectivity index (χ4v) is 5.77. The van der Waals surface area contributed by atoms with Gasteiger partial charge in [0.15, 0.2) is 6.10 Å². The smallest absolute Gasteiger partial charge is 0.347 e. The minimum Gasteiger partial charge on any atom is -0.495 e. The standard InChI is InChI=1S/C38H55ClN2O8/c1-24(2)19-33(49-37(46)38(5,6)23-40-7)36(45)48-31(26(4)35(44)25(3)28-13-10-9-11-14-28)15-12-16-34(43)41-29(22-42)20-27-17-18-32(47-8)30(39)21-27/h9-14,16-18,21,24-26,29,31,33,35,40,42,44H,15,19-20,22-23H2,1-8H3,(H,41,43)/b16-12+/t25-,26?,29+,31-,33?,35?/m0/s1. The lowest BCUT2D eigenvalue weighted by molar-refractivity contribution is -0.180. The number of ether oxygens (including phenoxy) is 3. The fraction of sp³-hybridized carbons (Fsp3) is 0.553. The Hall–Kier alpha value is -3.44. The first-order valence-corrected chi connectivity index (χ1v) is 17.2. The molecule has 1 amide bonds. The van der Waals surface area contributed by atoms with Crippen molar-refractivity contribution in [2.45, 2.75) is 91.1 Å². The Balaban J connectivity index is 2.25. The van der Waals surface area contributed by atoms with Crippen molar-refractivity contribution in [2.75, 3.05) is 27.3 Å². The Kier molecular flexibility index (Phi) is 17.3. The van der Waals surface area contributed by atoms with E-state index in [1.807, 2.05) is 57.2 Å². The molecule has 10 nitrogen and oxygen atoms in total. The molecule has 6 atom stereocenters. The lowest BCUT2D eigenvalue weighted by atomic mass is 9.84. The highest BCUT2D eigenvalue weighted by Gasteiger charge is 2.37. The van der Waals surface area contributed by atoms with Crippen molar-refractivity contribution in [3.05, 3.63) is 76.8 Å². The molecule has 49 heavy (non-hydrogen) atoms. The summed E-state index contributed by atoms with van der Waals surface area (Å²) in [7, 11) is 3.25. The molecule has 0 aliphatic rings. The quantitative estimate of drug-likeness (QED) is 0.108. The van der Waals surface area contributed by atoms with E-state index in [9.17, 15) is 24.6 Å². The summed E-state index contributed by atoms with van der Waals surface area (Å²) in [4.78, 5) is 39.6. The topological polar surface area (TPSA) is 143 Å². The number of hydrogen-bond acceptors (Lipinski definition) is 9. The number of carbonyl (C=O) groups excluding carboxylic acids is 3. The Morgan fingerprint density at radius 3 is 2.27 bits per heavy atom. The Morgan fingerprint density at radius 1 is 1.02 bits per heavy atom. The Bertz CT molecular complexity index is 1370. The van der Waals surface area contributed by atoms with Gasteiger partial charge in [-0.05, 0) is 69.0 Å². The van der Waals surface area contributed by atoms with E-state index in [4.69, 9.17) is 25.8 Å². The molecule has 11 heteroatoms. The number of aliphatic hydroxyl groups excluding tert-OH is 2. The van der Waals surface area contributed by atoms with Crippen LogP contribution in [-0.2, 0) is 30.3 Å². The molecule has 0 aromatic heterocycles. The zero-order chi connectivity index (χ0) is 36.7. The number of halogens is 1. The van der Waals surface area contributed by atoms with Crippen LogP contribution in [0, 0.1) is 17.3 Å². The molecule has 0 heterocycles. The number of amides is 1. The lowest BCUT2D eigenvalue weighted by Crippen LogP contribution is -2.43.